The van der Waals surface area contributed by atoms with Gasteiger partial charge in [0, 0.05) is 12.6 Å². The van der Waals surface area contributed by atoms with E-state index in [2.05, 4.69) is 16.0 Å². The summed E-state index contributed by atoms with van der Waals surface area (Å²) < 4.78 is 14.9. The number of furan rings is 1. The Hall–Kier alpha value is -3.50. The number of carbonyl (C=O) groups is 4. The summed E-state index contributed by atoms with van der Waals surface area (Å²) >= 11 is 12.6. The molecular weight excluding hydrogens is 513 g/mol. The Balaban J connectivity index is 2.03. The van der Waals surface area contributed by atoms with Crippen molar-refractivity contribution in [3.63, 3.8) is 0 Å². The highest BCUT2D eigenvalue weighted by atomic mass is 35.5. The molecule has 0 saturated carbocycles. The average Bonchev–Trinajstić information content (AvgIpc) is 3.30. The first kappa shape index (κ1) is 28.7. The summed E-state index contributed by atoms with van der Waals surface area (Å²) in [6, 6.07) is 5.09. The van der Waals surface area contributed by atoms with E-state index in [0.717, 1.165) is 7.11 Å². The largest absolute Gasteiger partial charge is 0.467 e. The van der Waals surface area contributed by atoms with Crippen LogP contribution in [0.2, 0.25) is 10.0 Å². The zero-order valence-electron chi connectivity index (χ0n) is 20.1. The second-order valence-corrected chi connectivity index (χ2v) is 9.25. The lowest BCUT2D eigenvalue weighted by atomic mass is 10.1. The molecule has 0 aliphatic carbocycles. The maximum absolute atomic E-state index is 12.8. The number of halogens is 2. The molecule has 0 radical (unpaired) electrons. The second kappa shape index (κ2) is 13.0. The number of methoxy groups -OCH3 is 1. The van der Waals surface area contributed by atoms with Gasteiger partial charge in [0.2, 0.25) is 5.91 Å². The molecule has 3 N–H and O–H groups in total. The molecule has 2 rings (SSSR count). The summed E-state index contributed by atoms with van der Waals surface area (Å²) in [7, 11) is 1.14. The molecule has 0 aliphatic heterocycles. The van der Waals surface area contributed by atoms with E-state index < -0.39 is 29.6 Å². The van der Waals surface area contributed by atoms with Crippen LogP contribution in [0.5, 0.6) is 0 Å². The molecule has 10 nitrogen and oxygen atoms in total. The monoisotopic (exact) mass is 539 g/mol. The first-order chi connectivity index (χ1) is 16.9. The summed E-state index contributed by atoms with van der Waals surface area (Å²) in [4.78, 5) is 48.9. The van der Waals surface area contributed by atoms with Crippen LogP contribution in [0, 0.1) is 0 Å². The number of carbonyl (C=O) groups excluding carboxylic acids is 4. The van der Waals surface area contributed by atoms with Gasteiger partial charge in [-0.05, 0) is 56.7 Å². The van der Waals surface area contributed by atoms with Gasteiger partial charge in [-0.15, -0.1) is 0 Å². The normalized spacial score (nSPS) is 12.1. The van der Waals surface area contributed by atoms with Crippen molar-refractivity contribution in [3.8, 4) is 0 Å². The zero-order valence-corrected chi connectivity index (χ0v) is 21.7. The lowest BCUT2D eigenvalue weighted by Gasteiger charge is -2.22. The van der Waals surface area contributed by atoms with E-state index >= 15 is 0 Å². The summed E-state index contributed by atoms with van der Waals surface area (Å²) in [5.74, 6) is -1.41. The van der Waals surface area contributed by atoms with Gasteiger partial charge in [-0.2, -0.15) is 0 Å². The van der Waals surface area contributed by atoms with Crippen molar-refractivity contribution < 1.29 is 33.1 Å². The van der Waals surface area contributed by atoms with Gasteiger partial charge in [0.05, 0.1) is 35.5 Å². The summed E-state index contributed by atoms with van der Waals surface area (Å²) in [6.45, 7) is 4.85. The van der Waals surface area contributed by atoms with Crippen LogP contribution in [-0.4, -0.2) is 49.2 Å². The van der Waals surface area contributed by atoms with Crippen molar-refractivity contribution >= 4 is 53.2 Å². The predicted molar refractivity (Wildman–Crippen MR) is 134 cm³/mol. The van der Waals surface area contributed by atoms with E-state index in [1.165, 1.54) is 30.5 Å². The Kier molecular flexibility index (Phi) is 10.4. The molecule has 0 saturated heterocycles. The molecule has 1 aromatic heterocycles. The van der Waals surface area contributed by atoms with Crippen molar-refractivity contribution in [1.82, 2.24) is 16.0 Å². The van der Waals surface area contributed by atoms with Crippen molar-refractivity contribution in [2.75, 3.05) is 13.7 Å². The van der Waals surface area contributed by atoms with E-state index in [1.54, 1.807) is 32.9 Å². The molecular formula is C24H27Cl2N3O7. The zero-order chi connectivity index (χ0) is 26.9. The van der Waals surface area contributed by atoms with Gasteiger partial charge < -0.3 is 29.8 Å². The highest BCUT2D eigenvalue weighted by Gasteiger charge is 2.26. The number of hydrogen-bond donors (Lipinski definition) is 3. The van der Waals surface area contributed by atoms with Crippen LogP contribution < -0.4 is 16.0 Å². The fourth-order valence-corrected chi connectivity index (χ4v) is 3.51. The average molecular weight is 540 g/mol. The van der Waals surface area contributed by atoms with Crippen LogP contribution in [0.3, 0.4) is 0 Å². The molecule has 1 unspecified atom stereocenters. The minimum absolute atomic E-state index is 0.000839. The first-order valence-electron chi connectivity index (χ1n) is 10.7. The molecule has 3 amide bonds. The molecule has 2 aromatic rings. The van der Waals surface area contributed by atoms with Crippen LogP contribution in [-0.2, 0) is 25.6 Å². The summed E-state index contributed by atoms with van der Waals surface area (Å²) in [6.07, 6.45) is 3.54. The van der Waals surface area contributed by atoms with Crippen molar-refractivity contribution in [3.05, 3.63) is 63.5 Å². The van der Waals surface area contributed by atoms with E-state index in [1.807, 2.05) is 0 Å². The van der Waals surface area contributed by atoms with Crippen molar-refractivity contribution in [1.29, 1.82) is 0 Å². The SMILES string of the molecule is COC(=O)C(CNC(=O)OC(C)(C)C)NC(=O)c1c(Cl)cc(CNC(=O)/C=C/c2ccco2)cc1Cl. The number of ether oxygens (including phenoxy) is 2. The minimum Gasteiger partial charge on any atom is -0.467 e. The third-order valence-electron chi connectivity index (χ3n) is 4.38. The Morgan fingerprint density at radius 1 is 1.11 bits per heavy atom. The molecule has 1 aromatic carbocycles. The maximum Gasteiger partial charge on any atom is 0.407 e. The van der Waals surface area contributed by atoms with Gasteiger partial charge in [-0.25, -0.2) is 9.59 Å². The molecule has 1 atom stereocenters. The molecule has 0 bridgehead atoms. The van der Waals surface area contributed by atoms with Gasteiger partial charge >= 0.3 is 12.1 Å². The molecule has 0 spiro atoms. The highest BCUT2D eigenvalue weighted by Crippen LogP contribution is 2.27. The quantitative estimate of drug-likeness (QED) is 0.326. The number of hydrogen-bond acceptors (Lipinski definition) is 7. The van der Waals surface area contributed by atoms with E-state index in [0.29, 0.717) is 11.3 Å². The van der Waals surface area contributed by atoms with Gasteiger partial charge in [0.25, 0.3) is 5.91 Å². The number of amides is 3. The van der Waals surface area contributed by atoms with Crippen LogP contribution in [0.15, 0.2) is 41.0 Å². The summed E-state index contributed by atoms with van der Waals surface area (Å²) in [5.41, 5.74) is -0.291. The lowest BCUT2D eigenvalue weighted by molar-refractivity contribution is -0.142. The number of esters is 1. The summed E-state index contributed by atoms with van der Waals surface area (Å²) in [5, 5.41) is 7.51. The van der Waals surface area contributed by atoms with Crippen LogP contribution in [0.1, 0.15) is 42.5 Å². The molecule has 36 heavy (non-hydrogen) atoms. The van der Waals surface area contributed by atoms with Crippen molar-refractivity contribution in [2.24, 2.45) is 0 Å². The third kappa shape index (κ3) is 9.27. The smallest absolute Gasteiger partial charge is 0.407 e. The number of nitrogens with one attached hydrogen (secondary N) is 3. The molecule has 0 fully saturated rings. The number of benzene rings is 1. The number of rotatable bonds is 9. The molecule has 12 heteroatoms. The number of alkyl carbamates (subject to hydrolysis) is 1. The maximum atomic E-state index is 12.8. The Morgan fingerprint density at radius 3 is 2.33 bits per heavy atom. The Bertz CT molecular complexity index is 1100. The van der Waals surface area contributed by atoms with Crippen LogP contribution >= 0.6 is 23.2 Å². The molecule has 1 heterocycles. The Labute approximate surface area is 218 Å². The minimum atomic E-state index is -1.23. The second-order valence-electron chi connectivity index (χ2n) is 8.43. The highest BCUT2D eigenvalue weighted by molar-refractivity contribution is 6.39. The van der Waals surface area contributed by atoms with Gasteiger partial charge in [-0.3, -0.25) is 9.59 Å². The van der Waals surface area contributed by atoms with Crippen LogP contribution in [0.25, 0.3) is 6.08 Å². The Morgan fingerprint density at radius 2 is 1.78 bits per heavy atom. The fraction of sp³-hybridized carbons (Fsp3) is 0.333. The predicted octanol–water partition coefficient (Wildman–Crippen LogP) is 3.71. The van der Waals surface area contributed by atoms with Crippen molar-refractivity contribution in [2.45, 2.75) is 39.0 Å². The van der Waals surface area contributed by atoms with E-state index in [9.17, 15) is 19.2 Å². The standard InChI is InChI=1S/C24H27Cl2N3O7/c1-24(2,3)36-23(33)28-13-18(22(32)34-4)29-21(31)20-16(25)10-14(11-17(20)26)12-27-19(30)8-7-15-6-5-9-35-15/h5-11,18H,12-13H2,1-4H3,(H,27,30)(H,28,33)(H,29,31)/b8-7+. The van der Waals surface area contributed by atoms with E-state index in [-0.39, 0.29) is 34.6 Å². The lowest BCUT2D eigenvalue weighted by Crippen LogP contribution is -2.49. The third-order valence-corrected chi connectivity index (χ3v) is 4.97. The molecule has 194 valence electrons. The van der Waals surface area contributed by atoms with E-state index in [4.69, 9.17) is 37.1 Å². The topological polar surface area (TPSA) is 136 Å². The first-order valence-corrected chi connectivity index (χ1v) is 11.5. The van der Waals surface area contributed by atoms with Crippen LogP contribution in [0.4, 0.5) is 4.79 Å². The van der Waals surface area contributed by atoms with Gasteiger partial charge in [-0.1, -0.05) is 23.2 Å². The van der Waals surface area contributed by atoms with Gasteiger partial charge in [0.1, 0.15) is 17.4 Å². The molecule has 0 aliphatic rings. The fourth-order valence-electron chi connectivity index (χ4n) is 2.80. The van der Waals surface area contributed by atoms with Gasteiger partial charge in [0.15, 0.2) is 0 Å².